The average molecular weight is 461 g/mol. The maximum absolute atomic E-state index is 13.1. The van der Waals surface area contributed by atoms with Crippen LogP contribution in [0.1, 0.15) is 18.1 Å². The third-order valence-corrected chi connectivity index (χ3v) is 4.57. The van der Waals surface area contributed by atoms with Gasteiger partial charge in [0, 0.05) is 17.8 Å². The molecule has 0 atom stereocenters. The molecule has 3 aromatic rings. The number of anilines is 1. The van der Waals surface area contributed by atoms with Gasteiger partial charge in [-0.05, 0) is 54.5 Å². The van der Waals surface area contributed by atoms with Crippen LogP contribution >= 0.6 is 0 Å². The van der Waals surface area contributed by atoms with Crippen LogP contribution in [0, 0.1) is 27.3 Å². The highest BCUT2D eigenvalue weighted by molar-refractivity contribution is 6.09. The van der Waals surface area contributed by atoms with Crippen molar-refractivity contribution < 1.29 is 23.6 Å². The molecule has 0 aliphatic rings. The zero-order valence-electron chi connectivity index (χ0n) is 18.2. The van der Waals surface area contributed by atoms with Crippen molar-refractivity contribution in [3.05, 3.63) is 99.4 Å². The van der Waals surface area contributed by atoms with Crippen molar-refractivity contribution >= 4 is 23.4 Å². The quantitative estimate of drug-likeness (QED) is 0.201. The number of amides is 1. The maximum atomic E-state index is 13.1. The number of benzene rings is 3. The lowest BCUT2D eigenvalue weighted by Crippen LogP contribution is -2.13. The monoisotopic (exact) mass is 461 g/mol. The van der Waals surface area contributed by atoms with Gasteiger partial charge >= 0.3 is 0 Å². The molecule has 0 spiro atoms. The molecule has 1 amide bonds. The van der Waals surface area contributed by atoms with E-state index in [9.17, 15) is 24.6 Å². The number of hydrogen-bond donors (Lipinski definition) is 1. The first kappa shape index (κ1) is 23.9. The largest absolute Gasteiger partial charge is 0.490 e. The number of rotatable bonds is 9. The summed E-state index contributed by atoms with van der Waals surface area (Å²) in [5.41, 5.74) is 1.10. The Morgan fingerprint density at radius 3 is 2.56 bits per heavy atom. The zero-order valence-corrected chi connectivity index (χ0v) is 18.2. The van der Waals surface area contributed by atoms with Gasteiger partial charge in [-0.1, -0.05) is 24.3 Å². The van der Waals surface area contributed by atoms with Crippen LogP contribution in [0.5, 0.6) is 11.5 Å². The SMILES string of the molecule is CCOc1cc(/C=C(\C#N)C(=O)Nc2cccc([N+](=O)[O-])c2)ccc1OCc1ccc(F)cc1. The number of nitro benzene ring substituents is 1. The van der Waals surface area contributed by atoms with E-state index in [1.165, 1.54) is 42.5 Å². The van der Waals surface area contributed by atoms with Gasteiger partial charge in [0.05, 0.1) is 11.5 Å². The van der Waals surface area contributed by atoms with Crippen LogP contribution in [0.25, 0.3) is 6.08 Å². The fourth-order valence-electron chi connectivity index (χ4n) is 2.95. The molecule has 0 aromatic heterocycles. The molecular weight excluding hydrogens is 441 g/mol. The summed E-state index contributed by atoms with van der Waals surface area (Å²) in [5.74, 6) is -0.187. The Morgan fingerprint density at radius 2 is 1.88 bits per heavy atom. The molecule has 34 heavy (non-hydrogen) atoms. The molecule has 0 aliphatic heterocycles. The van der Waals surface area contributed by atoms with E-state index in [1.807, 2.05) is 6.07 Å². The van der Waals surface area contributed by atoms with Gasteiger partial charge in [-0.3, -0.25) is 14.9 Å². The van der Waals surface area contributed by atoms with Gasteiger partial charge in [0.25, 0.3) is 11.6 Å². The average Bonchev–Trinajstić information content (AvgIpc) is 2.83. The van der Waals surface area contributed by atoms with Gasteiger partial charge in [-0.25, -0.2) is 4.39 Å². The number of carbonyl (C=O) groups excluding carboxylic acids is 1. The van der Waals surface area contributed by atoms with Gasteiger partial charge in [-0.2, -0.15) is 5.26 Å². The Labute approximate surface area is 195 Å². The van der Waals surface area contributed by atoms with E-state index in [1.54, 1.807) is 37.3 Å². The van der Waals surface area contributed by atoms with Crippen molar-refractivity contribution in [3.63, 3.8) is 0 Å². The summed E-state index contributed by atoms with van der Waals surface area (Å²) in [5, 5.41) is 22.9. The van der Waals surface area contributed by atoms with Crippen molar-refractivity contribution in [2.45, 2.75) is 13.5 Å². The number of carbonyl (C=O) groups is 1. The summed E-state index contributed by atoms with van der Waals surface area (Å²) >= 11 is 0. The Bertz CT molecular complexity index is 1270. The van der Waals surface area contributed by atoms with E-state index in [0.717, 1.165) is 5.56 Å². The molecule has 0 saturated carbocycles. The minimum Gasteiger partial charge on any atom is -0.490 e. The van der Waals surface area contributed by atoms with Crippen LogP contribution in [-0.4, -0.2) is 17.4 Å². The highest BCUT2D eigenvalue weighted by atomic mass is 19.1. The molecule has 172 valence electrons. The fourth-order valence-corrected chi connectivity index (χ4v) is 2.95. The van der Waals surface area contributed by atoms with Crippen LogP contribution < -0.4 is 14.8 Å². The molecule has 9 heteroatoms. The molecule has 0 saturated heterocycles. The van der Waals surface area contributed by atoms with E-state index in [4.69, 9.17) is 9.47 Å². The van der Waals surface area contributed by atoms with Crippen LogP contribution in [0.4, 0.5) is 15.8 Å². The molecule has 0 unspecified atom stereocenters. The number of hydrogen-bond acceptors (Lipinski definition) is 6. The first-order chi connectivity index (χ1) is 16.4. The minimum absolute atomic E-state index is 0.183. The normalized spacial score (nSPS) is 10.8. The van der Waals surface area contributed by atoms with Gasteiger partial charge in [0.1, 0.15) is 24.1 Å². The molecule has 0 radical (unpaired) electrons. The van der Waals surface area contributed by atoms with E-state index in [-0.39, 0.29) is 29.4 Å². The summed E-state index contributed by atoms with van der Waals surface area (Å²) in [7, 11) is 0. The highest BCUT2D eigenvalue weighted by Gasteiger charge is 2.13. The lowest BCUT2D eigenvalue weighted by molar-refractivity contribution is -0.384. The molecule has 0 heterocycles. The smallest absolute Gasteiger partial charge is 0.271 e. The van der Waals surface area contributed by atoms with Crippen molar-refractivity contribution in [1.82, 2.24) is 0 Å². The molecule has 8 nitrogen and oxygen atoms in total. The maximum Gasteiger partial charge on any atom is 0.271 e. The van der Waals surface area contributed by atoms with Crippen molar-refractivity contribution in [2.24, 2.45) is 0 Å². The highest BCUT2D eigenvalue weighted by Crippen LogP contribution is 2.30. The van der Waals surface area contributed by atoms with Crippen LogP contribution in [0.3, 0.4) is 0 Å². The summed E-state index contributed by atoms with van der Waals surface area (Å²) in [4.78, 5) is 22.9. The predicted octanol–water partition coefficient (Wildman–Crippen LogP) is 5.26. The van der Waals surface area contributed by atoms with Crippen LogP contribution in [0.15, 0.2) is 72.3 Å². The molecule has 3 rings (SSSR count). The Morgan fingerprint density at radius 1 is 1.12 bits per heavy atom. The van der Waals surface area contributed by atoms with E-state index in [2.05, 4.69) is 5.32 Å². The molecule has 3 aromatic carbocycles. The van der Waals surface area contributed by atoms with E-state index in [0.29, 0.717) is 23.7 Å². The second-order valence-corrected chi connectivity index (χ2v) is 6.99. The minimum atomic E-state index is -0.711. The Kier molecular flexibility index (Phi) is 7.92. The van der Waals surface area contributed by atoms with Crippen molar-refractivity contribution in [2.75, 3.05) is 11.9 Å². The van der Waals surface area contributed by atoms with E-state index < -0.39 is 10.8 Å². The van der Waals surface area contributed by atoms with Gasteiger partial charge < -0.3 is 14.8 Å². The lowest BCUT2D eigenvalue weighted by Gasteiger charge is -2.13. The van der Waals surface area contributed by atoms with Gasteiger partial charge in [0.15, 0.2) is 11.5 Å². The number of non-ortho nitro benzene ring substituents is 1. The molecule has 0 bridgehead atoms. The number of ether oxygens (including phenoxy) is 2. The first-order valence-electron chi connectivity index (χ1n) is 10.2. The number of nitrogens with one attached hydrogen (secondary N) is 1. The molecule has 0 fully saturated rings. The lowest BCUT2D eigenvalue weighted by atomic mass is 10.1. The second kappa shape index (κ2) is 11.2. The molecular formula is C25H20FN3O5. The third-order valence-electron chi connectivity index (χ3n) is 4.57. The summed E-state index contributed by atoms with van der Waals surface area (Å²) in [6.07, 6.45) is 1.37. The predicted molar refractivity (Wildman–Crippen MR) is 124 cm³/mol. The summed E-state index contributed by atoms with van der Waals surface area (Å²) < 4.78 is 24.5. The first-order valence-corrected chi connectivity index (χ1v) is 10.2. The van der Waals surface area contributed by atoms with Crippen molar-refractivity contribution in [1.29, 1.82) is 5.26 Å². The van der Waals surface area contributed by atoms with Crippen molar-refractivity contribution in [3.8, 4) is 17.6 Å². The number of nitrogens with zero attached hydrogens (tertiary/aromatic N) is 2. The van der Waals surface area contributed by atoms with E-state index >= 15 is 0 Å². The summed E-state index contributed by atoms with van der Waals surface area (Å²) in [6.45, 7) is 2.36. The molecule has 1 N–H and O–H groups in total. The second-order valence-electron chi connectivity index (χ2n) is 6.99. The summed E-state index contributed by atoms with van der Waals surface area (Å²) in [6, 6.07) is 18.1. The topological polar surface area (TPSA) is 114 Å². The van der Waals surface area contributed by atoms with Gasteiger partial charge in [0.2, 0.25) is 0 Å². The number of nitro groups is 1. The van der Waals surface area contributed by atoms with Gasteiger partial charge in [-0.15, -0.1) is 0 Å². The van der Waals surface area contributed by atoms with Crippen LogP contribution in [-0.2, 0) is 11.4 Å². The standard InChI is InChI=1S/C25H20FN3O5/c1-2-33-24-13-18(8-11-23(24)34-16-17-6-9-20(26)10-7-17)12-19(15-27)25(30)28-21-4-3-5-22(14-21)29(31)32/h3-14H,2,16H2,1H3,(H,28,30)/b19-12+. The zero-order chi connectivity index (χ0) is 24.5. The molecule has 0 aliphatic carbocycles. The Balaban J connectivity index is 1.78. The number of nitriles is 1. The fraction of sp³-hybridized carbons (Fsp3) is 0.120. The van der Waals surface area contributed by atoms with Crippen LogP contribution in [0.2, 0.25) is 0 Å². The third kappa shape index (κ3) is 6.40. The Hall–Kier alpha value is -4.71. The number of halogens is 1.